The van der Waals surface area contributed by atoms with Gasteiger partial charge in [-0.2, -0.15) is 0 Å². The number of hydrogen-bond donors (Lipinski definition) is 1. The molecule has 4 rings (SSSR count). The molecule has 5 heteroatoms. The Morgan fingerprint density at radius 2 is 1.71 bits per heavy atom. The summed E-state index contributed by atoms with van der Waals surface area (Å²) in [6.07, 6.45) is 0. The highest BCUT2D eigenvalue weighted by atomic mass is 16.5. The Labute approximate surface area is 162 Å². The second-order valence-electron chi connectivity index (χ2n) is 6.21. The summed E-state index contributed by atoms with van der Waals surface area (Å²) in [5.41, 5.74) is 0.663. The zero-order valence-corrected chi connectivity index (χ0v) is 15.3. The van der Waals surface area contributed by atoms with E-state index in [1.165, 1.54) is 0 Å². The summed E-state index contributed by atoms with van der Waals surface area (Å²) in [6.45, 7) is 0.240. The van der Waals surface area contributed by atoms with Gasteiger partial charge in [0.25, 0.3) is 5.91 Å². The van der Waals surface area contributed by atoms with Gasteiger partial charge in [-0.3, -0.25) is 4.79 Å². The maximum Gasteiger partial charge on any atom is 0.291 e. The van der Waals surface area contributed by atoms with Crippen molar-refractivity contribution in [2.45, 2.75) is 6.61 Å². The van der Waals surface area contributed by atoms with Crippen molar-refractivity contribution in [1.82, 2.24) is 0 Å². The van der Waals surface area contributed by atoms with Gasteiger partial charge in [0, 0.05) is 11.1 Å². The van der Waals surface area contributed by atoms with Crippen molar-refractivity contribution in [3.63, 3.8) is 0 Å². The first kappa shape index (κ1) is 17.7. The summed E-state index contributed by atoms with van der Waals surface area (Å²) in [4.78, 5) is 12.4. The average Bonchev–Trinajstić information content (AvgIpc) is 3.22. The predicted octanol–water partition coefficient (Wildman–Crippen LogP) is 5.27. The van der Waals surface area contributed by atoms with E-state index in [1.54, 1.807) is 43.5 Å². The Morgan fingerprint density at radius 3 is 2.54 bits per heavy atom. The molecule has 5 nitrogen and oxygen atoms in total. The standard InChI is InChI=1S/C23H19NO4/c1-26-18-11-9-17(10-12-18)24-23(25)22-14-13-19(28-22)15-27-21-8-4-6-16-5-2-3-7-20(16)21/h2-14H,15H2,1H3,(H,24,25). The molecule has 0 aliphatic heterocycles. The van der Waals surface area contributed by atoms with Crippen molar-refractivity contribution in [2.75, 3.05) is 12.4 Å². The van der Waals surface area contributed by atoms with E-state index in [4.69, 9.17) is 13.9 Å². The smallest absolute Gasteiger partial charge is 0.291 e. The van der Waals surface area contributed by atoms with Crippen molar-refractivity contribution < 1.29 is 18.7 Å². The Balaban J connectivity index is 1.41. The number of benzene rings is 3. The van der Waals surface area contributed by atoms with Crippen LogP contribution >= 0.6 is 0 Å². The number of hydrogen-bond acceptors (Lipinski definition) is 4. The first-order valence-electron chi connectivity index (χ1n) is 8.87. The molecule has 4 aromatic rings. The van der Waals surface area contributed by atoms with E-state index in [0.29, 0.717) is 11.4 Å². The molecule has 3 aromatic carbocycles. The minimum atomic E-state index is -0.318. The number of rotatable bonds is 6. The van der Waals surface area contributed by atoms with Gasteiger partial charge in [0.15, 0.2) is 5.76 Å². The number of ether oxygens (including phenoxy) is 2. The summed E-state index contributed by atoms with van der Waals surface area (Å²) >= 11 is 0. The maximum atomic E-state index is 12.4. The van der Waals surface area contributed by atoms with Crippen LogP contribution in [0, 0.1) is 0 Å². The topological polar surface area (TPSA) is 60.7 Å². The third kappa shape index (κ3) is 3.83. The number of nitrogens with one attached hydrogen (secondary N) is 1. The molecule has 0 atom stereocenters. The van der Waals surface area contributed by atoms with E-state index in [1.807, 2.05) is 42.5 Å². The monoisotopic (exact) mass is 373 g/mol. The molecule has 0 radical (unpaired) electrons. The fourth-order valence-corrected chi connectivity index (χ4v) is 2.92. The summed E-state index contributed by atoms with van der Waals surface area (Å²) in [7, 11) is 1.60. The Hall–Kier alpha value is -3.73. The highest BCUT2D eigenvalue weighted by Gasteiger charge is 2.12. The van der Waals surface area contributed by atoms with Gasteiger partial charge >= 0.3 is 0 Å². The van der Waals surface area contributed by atoms with Crippen LogP contribution in [0.5, 0.6) is 11.5 Å². The molecule has 0 fully saturated rings. The lowest BCUT2D eigenvalue weighted by molar-refractivity contribution is 0.0992. The lowest BCUT2D eigenvalue weighted by atomic mass is 10.1. The van der Waals surface area contributed by atoms with Crippen LogP contribution in [0.3, 0.4) is 0 Å². The number of methoxy groups -OCH3 is 1. The van der Waals surface area contributed by atoms with E-state index in [9.17, 15) is 4.79 Å². The Bertz CT molecular complexity index is 1090. The van der Waals surface area contributed by atoms with Crippen LogP contribution in [0.1, 0.15) is 16.3 Å². The second-order valence-corrected chi connectivity index (χ2v) is 6.21. The quantitative estimate of drug-likeness (QED) is 0.500. The minimum absolute atomic E-state index is 0.229. The fraction of sp³-hybridized carbons (Fsp3) is 0.0870. The molecule has 1 amide bonds. The zero-order chi connectivity index (χ0) is 19.3. The molecule has 1 N–H and O–H groups in total. The summed E-state index contributed by atoms with van der Waals surface area (Å²) in [5, 5.41) is 4.94. The number of amides is 1. The molecular weight excluding hydrogens is 354 g/mol. The van der Waals surface area contributed by atoms with Crippen LogP contribution in [0.2, 0.25) is 0 Å². The van der Waals surface area contributed by atoms with Crippen LogP contribution in [0.25, 0.3) is 10.8 Å². The summed E-state index contributed by atoms with van der Waals surface area (Å²) < 4.78 is 16.6. The number of carbonyl (C=O) groups is 1. The number of furan rings is 1. The van der Waals surface area contributed by atoms with Crippen LogP contribution in [-0.4, -0.2) is 13.0 Å². The predicted molar refractivity (Wildman–Crippen MR) is 108 cm³/mol. The van der Waals surface area contributed by atoms with Crippen LogP contribution in [-0.2, 0) is 6.61 Å². The van der Waals surface area contributed by atoms with Gasteiger partial charge in [-0.1, -0.05) is 36.4 Å². The molecule has 0 aliphatic rings. The second kappa shape index (κ2) is 7.88. The SMILES string of the molecule is COc1ccc(NC(=O)c2ccc(COc3cccc4ccccc34)o2)cc1. The zero-order valence-electron chi connectivity index (χ0n) is 15.3. The molecule has 0 aliphatic carbocycles. The Morgan fingerprint density at radius 1 is 0.929 bits per heavy atom. The molecule has 0 unspecified atom stereocenters. The van der Waals surface area contributed by atoms with E-state index < -0.39 is 0 Å². The van der Waals surface area contributed by atoms with Gasteiger partial charge in [0.1, 0.15) is 23.9 Å². The van der Waals surface area contributed by atoms with Crippen molar-refractivity contribution in [3.8, 4) is 11.5 Å². The fourth-order valence-electron chi connectivity index (χ4n) is 2.92. The highest BCUT2D eigenvalue weighted by molar-refractivity contribution is 6.02. The van der Waals surface area contributed by atoms with Crippen LogP contribution in [0.15, 0.2) is 83.3 Å². The van der Waals surface area contributed by atoms with Gasteiger partial charge in [-0.15, -0.1) is 0 Å². The lowest BCUT2D eigenvalue weighted by Gasteiger charge is -2.08. The molecule has 1 heterocycles. The average molecular weight is 373 g/mol. The molecular formula is C23H19NO4. The largest absolute Gasteiger partial charge is 0.497 e. The minimum Gasteiger partial charge on any atom is -0.497 e. The van der Waals surface area contributed by atoms with Crippen molar-refractivity contribution in [3.05, 3.63) is 90.4 Å². The first-order chi connectivity index (χ1) is 13.7. The Kier molecular flexibility index (Phi) is 4.97. The van der Waals surface area contributed by atoms with Crippen LogP contribution < -0.4 is 14.8 Å². The number of fused-ring (bicyclic) bond motifs is 1. The molecule has 140 valence electrons. The molecule has 1 aromatic heterocycles. The van der Waals surface area contributed by atoms with Gasteiger partial charge < -0.3 is 19.2 Å². The van der Waals surface area contributed by atoms with Crippen LogP contribution in [0.4, 0.5) is 5.69 Å². The van der Waals surface area contributed by atoms with Gasteiger partial charge in [-0.25, -0.2) is 0 Å². The molecule has 0 saturated carbocycles. The number of anilines is 1. The van der Waals surface area contributed by atoms with Crippen molar-refractivity contribution >= 4 is 22.4 Å². The van der Waals surface area contributed by atoms with Gasteiger partial charge in [-0.05, 0) is 47.9 Å². The maximum absolute atomic E-state index is 12.4. The number of carbonyl (C=O) groups excluding carboxylic acids is 1. The van der Waals surface area contributed by atoms with Crippen molar-refractivity contribution in [1.29, 1.82) is 0 Å². The van der Waals surface area contributed by atoms with Gasteiger partial charge in [0.05, 0.1) is 7.11 Å². The molecule has 28 heavy (non-hydrogen) atoms. The normalized spacial score (nSPS) is 10.6. The summed E-state index contributed by atoms with van der Waals surface area (Å²) in [6, 6.07) is 24.4. The molecule has 0 saturated heterocycles. The van der Waals surface area contributed by atoms with Crippen molar-refractivity contribution in [2.24, 2.45) is 0 Å². The summed E-state index contributed by atoms with van der Waals surface area (Å²) in [5.74, 6) is 1.99. The van der Waals surface area contributed by atoms with Gasteiger partial charge in [0.2, 0.25) is 0 Å². The third-order valence-electron chi connectivity index (χ3n) is 4.35. The molecule has 0 bridgehead atoms. The van der Waals surface area contributed by atoms with E-state index in [-0.39, 0.29) is 18.3 Å². The third-order valence-corrected chi connectivity index (χ3v) is 4.35. The van der Waals surface area contributed by atoms with E-state index >= 15 is 0 Å². The first-order valence-corrected chi connectivity index (χ1v) is 8.87. The van der Waals surface area contributed by atoms with E-state index in [0.717, 1.165) is 22.3 Å². The lowest BCUT2D eigenvalue weighted by Crippen LogP contribution is -2.10. The van der Waals surface area contributed by atoms with E-state index in [2.05, 4.69) is 5.32 Å². The molecule has 0 spiro atoms. The highest BCUT2D eigenvalue weighted by Crippen LogP contribution is 2.26.